The van der Waals surface area contributed by atoms with Crippen LogP contribution in [-0.4, -0.2) is 23.5 Å². The molecule has 0 spiro atoms. The van der Waals surface area contributed by atoms with Crippen molar-refractivity contribution in [3.63, 3.8) is 0 Å². The molecule has 1 aromatic rings. The van der Waals surface area contributed by atoms with E-state index in [0.29, 0.717) is 11.2 Å². The molecule has 1 aromatic heterocycles. The van der Waals surface area contributed by atoms with Crippen molar-refractivity contribution >= 4 is 27.8 Å². The van der Waals surface area contributed by atoms with Gasteiger partial charge in [0.2, 0.25) is 0 Å². The van der Waals surface area contributed by atoms with Crippen molar-refractivity contribution in [2.24, 2.45) is 5.92 Å². The Labute approximate surface area is 101 Å². The zero-order chi connectivity index (χ0) is 12.1. The molecule has 0 saturated carbocycles. The Hall–Kier alpha value is -1.30. The maximum absolute atomic E-state index is 11.5. The first kappa shape index (κ1) is 12.8. The summed E-state index contributed by atoms with van der Waals surface area (Å²) in [7, 11) is 0. The van der Waals surface area contributed by atoms with Crippen LogP contribution in [0, 0.1) is 5.92 Å². The summed E-state index contributed by atoms with van der Waals surface area (Å²) < 4.78 is 5.53. The molecule has 1 rings (SSSR count). The summed E-state index contributed by atoms with van der Waals surface area (Å²) in [5.41, 5.74) is 0. The molecule has 0 aliphatic rings. The number of rotatable bonds is 5. The van der Waals surface area contributed by atoms with Gasteiger partial charge in [-0.25, -0.2) is 0 Å². The van der Waals surface area contributed by atoms with E-state index in [1.807, 2.05) is 0 Å². The van der Waals surface area contributed by atoms with Crippen molar-refractivity contribution < 1.29 is 19.1 Å². The normalized spacial score (nSPS) is 12.1. The van der Waals surface area contributed by atoms with E-state index in [-0.39, 0.29) is 24.0 Å². The van der Waals surface area contributed by atoms with Crippen LogP contribution in [0.1, 0.15) is 23.9 Å². The van der Waals surface area contributed by atoms with Gasteiger partial charge in [-0.1, -0.05) is 6.92 Å². The number of halogens is 1. The third kappa shape index (κ3) is 4.06. The third-order valence-electron chi connectivity index (χ3n) is 1.93. The van der Waals surface area contributed by atoms with E-state index in [1.54, 1.807) is 19.1 Å². The SMILES string of the molecule is CC(CNC(=O)c1ccc(Br)o1)CC(=O)O. The van der Waals surface area contributed by atoms with E-state index in [4.69, 9.17) is 9.52 Å². The molecule has 0 aromatic carbocycles. The zero-order valence-electron chi connectivity index (χ0n) is 8.70. The molecule has 16 heavy (non-hydrogen) atoms. The van der Waals surface area contributed by atoms with Crippen LogP contribution in [0.5, 0.6) is 0 Å². The van der Waals surface area contributed by atoms with E-state index in [2.05, 4.69) is 21.2 Å². The maximum Gasteiger partial charge on any atom is 0.303 e. The highest BCUT2D eigenvalue weighted by atomic mass is 79.9. The first-order chi connectivity index (χ1) is 7.49. The second-order valence-corrected chi connectivity index (χ2v) is 4.30. The molecule has 1 unspecified atom stereocenters. The van der Waals surface area contributed by atoms with Crippen LogP contribution in [0.4, 0.5) is 0 Å². The Bertz CT molecular complexity index is 388. The number of amides is 1. The number of furan rings is 1. The van der Waals surface area contributed by atoms with Gasteiger partial charge in [0.1, 0.15) is 0 Å². The Morgan fingerprint density at radius 2 is 2.25 bits per heavy atom. The van der Waals surface area contributed by atoms with Gasteiger partial charge in [-0.05, 0) is 34.0 Å². The minimum Gasteiger partial charge on any atom is -0.481 e. The largest absolute Gasteiger partial charge is 0.481 e. The minimum atomic E-state index is -0.873. The lowest BCUT2D eigenvalue weighted by molar-refractivity contribution is -0.137. The molecule has 0 saturated heterocycles. The summed E-state index contributed by atoms with van der Waals surface area (Å²) in [6.45, 7) is 2.07. The lowest BCUT2D eigenvalue weighted by atomic mass is 10.1. The lowest BCUT2D eigenvalue weighted by Crippen LogP contribution is -2.28. The molecular formula is C10H12BrNO4. The van der Waals surface area contributed by atoms with Crippen LogP contribution in [0.2, 0.25) is 0 Å². The molecule has 0 aliphatic heterocycles. The summed E-state index contributed by atoms with van der Waals surface area (Å²) >= 11 is 3.09. The van der Waals surface area contributed by atoms with Gasteiger partial charge in [0, 0.05) is 13.0 Å². The van der Waals surface area contributed by atoms with Crippen LogP contribution < -0.4 is 5.32 Å². The molecule has 0 bridgehead atoms. The van der Waals surface area contributed by atoms with Gasteiger partial charge in [-0.3, -0.25) is 9.59 Å². The van der Waals surface area contributed by atoms with E-state index < -0.39 is 5.97 Å². The van der Waals surface area contributed by atoms with Crippen molar-refractivity contribution in [3.05, 3.63) is 22.6 Å². The van der Waals surface area contributed by atoms with Crippen molar-refractivity contribution in [1.29, 1.82) is 0 Å². The number of carboxylic acids is 1. The number of carbonyl (C=O) groups is 2. The monoisotopic (exact) mass is 289 g/mol. The Balaban J connectivity index is 2.38. The van der Waals surface area contributed by atoms with Gasteiger partial charge in [0.25, 0.3) is 5.91 Å². The van der Waals surface area contributed by atoms with Gasteiger partial charge in [-0.2, -0.15) is 0 Å². The molecule has 1 heterocycles. The van der Waals surface area contributed by atoms with E-state index in [9.17, 15) is 9.59 Å². The van der Waals surface area contributed by atoms with Crippen LogP contribution in [0.25, 0.3) is 0 Å². The highest BCUT2D eigenvalue weighted by molar-refractivity contribution is 9.10. The summed E-state index contributed by atoms with van der Waals surface area (Å²) in [6, 6.07) is 3.16. The summed E-state index contributed by atoms with van der Waals surface area (Å²) in [5.74, 6) is -1.13. The van der Waals surface area contributed by atoms with Crippen LogP contribution >= 0.6 is 15.9 Å². The van der Waals surface area contributed by atoms with Crippen molar-refractivity contribution in [2.45, 2.75) is 13.3 Å². The summed E-state index contributed by atoms with van der Waals surface area (Å²) in [4.78, 5) is 21.9. The molecule has 1 atom stereocenters. The molecule has 0 fully saturated rings. The standard InChI is InChI=1S/C10H12BrNO4/c1-6(4-9(13)14)5-12-10(15)7-2-3-8(11)16-7/h2-3,6H,4-5H2,1H3,(H,12,15)(H,13,14). The zero-order valence-corrected chi connectivity index (χ0v) is 10.3. The van der Waals surface area contributed by atoms with Crippen molar-refractivity contribution in [3.8, 4) is 0 Å². The fourth-order valence-corrected chi connectivity index (χ4v) is 1.47. The van der Waals surface area contributed by atoms with Gasteiger partial charge < -0.3 is 14.8 Å². The predicted molar refractivity (Wildman–Crippen MR) is 60.2 cm³/mol. The first-order valence-electron chi connectivity index (χ1n) is 4.74. The highest BCUT2D eigenvalue weighted by Crippen LogP contribution is 2.13. The molecule has 2 N–H and O–H groups in total. The molecule has 5 nitrogen and oxygen atoms in total. The quantitative estimate of drug-likeness (QED) is 0.867. The van der Waals surface area contributed by atoms with Gasteiger partial charge in [0.15, 0.2) is 10.4 Å². The fourth-order valence-electron chi connectivity index (χ4n) is 1.16. The summed E-state index contributed by atoms with van der Waals surface area (Å²) in [5, 5.41) is 11.1. The van der Waals surface area contributed by atoms with Crippen LogP contribution in [0.3, 0.4) is 0 Å². The Kier molecular flexibility index (Phi) is 4.54. The molecule has 88 valence electrons. The van der Waals surface area contributed by atoms with Gasteiger partial charge in [-0.15, -0.1) is 0 Å². The van der Waals surface area contributed by atoms with Gasteiger partial charge in [0.05, 0.1) is 0 Å². The number of carboxylic acid groups (broad SMARTS) is 1. The van der Waals surface area contributed by atoms with E-state index in [0.717, 1.165) is 0 Å². The van der Waals surface area contributed by atoms with Crippen molar-refractivity contribution in [1.82, 2.24) is 5.32 Å². The third-order valence-corrected chi connectivity index (χ3v) is 2.36. The maximum atomic E-state index is 11.5. The lowest BCUT2D eigenvalue weighted by Gasteiger charge is -2.08. The Morgan fingerprint density at radius 1 is 1.56 bits per heavy atom. The molecule has 0 aliphatic carbocycles. The molecule has 1 amide bonds. The average Bonchev–Trinajstić information content (AvgIpc) is 2.60. The van der Waals surface area contributed by atoms with Crippen molar-refractivity contribution in [2.75, 3.05) is 6.54 Å². The number of aliphatic carboxylic acids is 1. The topological polar surface area (TPSA) is 79.5 Å². The highest BCUT2D eigenvalue weighted by Gasteiger charge is 2.13. The smallest absolute Gasteiger partial charge is 0.303 e. The first-order valence-corrected chi connectivity index (χ1v) is 5.53. The second kappa shape index (κ2) is 5.69. The number of nitrogens with one attached hydrogen (secondary N) is 1. The van der Waals surface area contributed by atoms with Gasteiger partial charge >= 0.3 is 5.97 Å². The van der Waals surface area contributed by atoms with Crippen LogP contribution in [-0.2, 0) is 4.79 Å². The molecule has 0 radical (unpaired) electrons. The molecular weight excluding hydrogens is 278 g/mol. The summed E-state index contributed by atoms with van der Waals surface area (Å²) in [6.07, 6.45) is 0.0299. The number of hydrogen-bond donors (Lipinski definition) is 2. The van der Waals surface area contributed by atoms with E-state index >= 15 is 0 Å². The minimum absolute atomic E-state index is 0.0299. The fraction of sp³-hybridized carbons (Fsp3) is 0.400. The number of hydrogen-bond acceptors (Lipinski definition) is 3. The average molecular weight is 290 g/mol. The predicted octanol–water partition coefficient (Wildman–Crippen LogP) is 1.88. The number of carbonyl (C=O) groups excluding carboxylic acids is 1. The second-order valence-electron chi connectivity index (χ2n) is 3.52. The van der Waals surface area contributed by atoms with Crippen LogP contribution in [0.15, 0.2) is 21.2 Å². The Morgan fingerprint density at radius 3 is 2.75 bits per heavy atom. The van der Waals surface area contributed by atoms with E-state index in [1.165, 1.54) is 0 Å². The molecule has 6 heteroatoms.